The lowest BCUT2D eigenvalue weighted by Gasteiger charge is -2.07. The van der Waals surface area contributed by atoms with Crippen molar-refractivity contribution >= 4 is 15.9 Å². The molecular weight excluding hydrogens is 204 g/mol. The molecule has 11 heavy (non-hydrogen) atoms. The van der Waals surface area contributed by atoms with E-state index in [9.17, 15) is 0 Å². The van der Waals surface area contributed by atoms with Crippen LogP contribution in [0.2, 0.25) is 0 Å². The van der Waals surface area contributed by atoms with Crippen molar-refractivity contribution in [1.29, 1.82) is 0 Å². The van der Waals surface area contributed by atoms with Crippen molar-refractivity contribution in [2.24, 2.45) is 0 Å². The summed E-state index contributed by atoms with van der Waals surface area (Å²) in [6.07, 6.45) is 4.98. The van der Waals surface area contributed by atoms with Crippen LogP contribution in [0, 0.1) is 0 Å². The van der Waals surface area contributed by atoms with E-state index in [4.69, 9.17) is 0 Å². The van der Waals surface area contributed by atoms with Gasteiger partial charge in [0, 0.05) is 5.69 Å². The number of fused-ring (bicyclic) bond motifs is 1. The summed E-state index contributed by atoms with van der Waals surface area (Å²) in [7, 11) is 0. The monoisotopic (exact) mass is 214 g/mol. The van der Waals surface area contributed by atoms with Crippen molar-refractivity contribution in [2.45, 2.75) is 31.0 Å². The van der Waals surface area contributed by atoms with Gasteiger partial charge in [-0.15, -0.1) is 0 Å². The Morgan fingerprint density at radius 3 is 2.91 bits per heavy atom. The zero-order valence-electron chi connectivity index (χ0n) is 6.36. The maximum absolute atomic E-state index is 4.47. The summed E-state index contributed by atoms with van der Waals surface area (Å²) in [5, 5.41) is 0.847. The van der Waals surface area contributed by atoms with Gasteiger partial charge in [-0.25, -0.2) is 4.98 Å². The fourth-order valence-electron chi connectivity index (χ4n) is 1.58. The van der Waals surface area contributed by atoms with Gasteiger partial charge < -0.3 is 4.98 Å². The first-order valence-corrected chi connectivity index (χ1v) is 5.15. The Morgan fingerprint density at radius 2 is 2.18 bits per heavy atom. The third-order valence-electron chi connectivity index (χ3n) is 2.13. The molecule has 1 heterocycles. The molecule has 0 atom stereocenters. The normalized spacial score (nSPS) is 16.5. The molecule has 0 saturated heterocycles. The number of aryl methyl sites for hydroxylation is 2. The Morgan fingerprint density at radius 1 is 1.36 bits per heavy atom. The maximum Gasteiger partial charge on any atom is 0.117 e. The number of halogens is 1. The van der Waals surface area contributed by atoms with Crippen molar-refractivity contribution < 1.29 is 0 Å². The Hall–Kier alpha value is -0.310. The van der Waals surface area contributed by atoms with Crippen LogP contribution in [-0.2, 0) is 18.2 Å². The molecular formula is C8H11BrN2. The van der Waals surface area contributed by atoms with Crippen LogP contribution < -0.4 is 0 Å². The van der Waals surface area contributed by atoms with Gasteiger partial charge in [0.1, 0.15) is 5.82 Å². The van der Waals surface area contributed by atoms with Crippen LogP contribution in [0.5, 0.6) is 0 Å². The summed E-state index contributed by atoms with van der Waals surface area (Å²) in [6, 6.07) is 0. The number of nitrogens with one attached hydrogen (secondary N) is 1. The van der Waals surface area contributed by atoms with E-state index < -0.39 is 0 Å². The van der Waals surface area contributed by atoms with Gasteiger partial charge >= 0.3 is 0 Å². The molecule has 0 radical (unpaired) electrons. The first kappa shape index (κ1) is 7.35. The second-order valence-electron chi connectivity index (χ2n) is 2.95. The van der Waals surface area contributed by atoms with Gasteiger partial charge in [0.25, 0.3) is 0 Å². The maximum atomic E-state index is 4.47. The van der Waals surface area contributed by atoms with Crippen LogP contribution in [0.25, 0.3) is 0 Å². The second kappa shape index (κ2) is 2.97. The van der Waals surface area contributed by atoms with Crippen molar-refractivity contribution in [1.82, 2.24) is 9.97 Å². The fraction of sp³-hybridized carbons (Fsp3) is 0.625. The van der Waals surface area contributed by atoms with E-state index in [1.54, 1.807) is 0 Å². The number of alkyl halides is 1. The molecule has 0 spiro atoms. The number of rotatable bonds is 1. The highest BCUT2D eigenvalue weighted by Crippen LogP contribution is 2.19. The summed E-state index contributed by atoms with van der Waals surface area (Å²) in [5.74, 6) is 1.08. The van der Waals surface area contributed by atoms with Gasteiger partial charge in [0.05, 0.1) is 11.0 Å². The zero-order valence-corrected chi connectivity index (χ0v) is 7.95. The predicted octanol–water partition coefficient (Wildman–Crippen LogP) is 2.18. The predicted molar refractivity (Wildman–Crippen MR) is 47.9 cm³/mol. The molecule has 0 fully saturated rings. The average Bonchev–Trinajstić information content (AvgIpc) is 2.46. The molecule has 0 aliphatic heterocycles. The summed E-state index contributed by atoms with van der Waals surface area (Å²) < 4.78 is 0. The highest BCUT2D eigenvalue weighted by atomic mass is 79.9. The third-order valence-corrected chi connectivity index (χ3v) is 2.66. The van der Waals surface area contributed by atoms with E-state index in [0.29, 0.717) is 0 Å². The van der Waals surface area contributed by atoms with Crippen LogP contribution in [0.4, 0.5) is 0 Å². The Kier molecular flexibility index (Phi) is 1.98. The minimum absolute atomic E-state index is 0.847. The zero-order chi connectivity index (χ0) is 7.68. The molecule has 3 heteroatoms. The third kappa shape index (κ3) is 1.34. The van der Waals surface area contributed by atoms with E-state index in [1.807, 2.05) is 0 Å². The minimum atomic E-state index is 0.847. The van der Waals surface area contributed by atoms with Crippen LogP contribution >= 0.6 is 15.9 Å². The van der Waals surface area contributed by atoms with Crippen LogP contribution in [0.15, 0.2) is 0 Å². The summed E-state index contributed by atoms with van der Waals surface area (Å²) in [4.78, 5) is 7.79. The van der Waals surface area contributed by atoms with Crippen LogP contribution in [-0.4, -0.2) is 9.97 Å². The Labute approximate surface area is 74.5 Å². The summed E-state index contributed by atoms with van der Waals surface area (Å²) in [6.45, 7) is 0. The molecule has 0 amide bonds. The van der Waals surface area contributed by atoms with Gasteiger partial charge in [-0.3, -0.25) is 0 Å². The number of hydrogen-bond donors (Lipinski definition) is 1. The molecule has 1 aromatic heterocycles. The number of hydrogen-bond acceptors (Lipinski definition) is 1. The quantitative estimate of drug-likeness (QED) is 0.714. The van der Waals surface area contributed by atoms with E-state index in [0.717, 1.165) is 11.2 Å². The smallest absolute Gasteiger partial charge is 0.117 e. The lowest BCUT2D eigenvalue weighted by atomic mass is 10.0. The van der Waals surface area contributed by atoms with Gasteiger partial charge in [-0.05, 0) is 25.7 Å². The first-order valence-electron chi connectivity index (χ1n) is 4.03. The number of aromatic nitrogens is 2. The minimum Gasteiger partial charge on any atom is -0.345 e. The second-order valence-corrected chi connectivity index (χ2v) is 3.51. The average molecular weight is 215 g/mol. The van der Waals surface area contributed by atoms with Crippen molar-refractivity contribution in [3.05, 3.63) is 17.2 Å². The van der Waals surface area contributed by atoms with Crippen molar-refractivity contribution in [3.63, 3.8) is 0 Å². The highest BCUT2D eigenvalue weighted by Gasteiger charge is 2.12. The number of H-pyrrole nitrogens is 1. The molecule has 1 aromatic rings. The van der Waals surface area contributed by atoms with Gasteiger partial charge in [-0.1, -0.05) is 15.9 Å². The van der Waals surface area contributed by atoms with Gasteiger partial charge in [-0.2, -0.15) is 0 Å². The van der Waals surface area contributed by atoms with E-state index in [-0.39, 0.29) is 0 Å². The molecule has 1 N–H and O–H groups in total. The number of nitrogens with zero attached hydrogens (tertiary/aromatic N) is 1. The van der Waals surface area contributed by atoms with Crippen molar-refractivity contribution in [3.8, 4) is 0 Å². The summed E-state index contributed by atoms with van der Waals surface area (Å²) in [5.41, 5.74) is 2.66. The molecule has 1 aliphatic rings. The van der Waals surface area contributed by atoms with Gasteiger partial charge in [0.15, 0.2) is 0 Å². The molecule has 2 nitrogen and oxygen atoms in total. The lowest BCUT2D eigenvalue weighted by Crippen LogP contribution is -2.00. The molecule has 0 aromatic carbocycles. The van der Waals surface area contributed by atoms with E-state index >= 15 is 0 Å². The molecule has 0 unspecified atom stereocenters. The number of aromatic amines is 1. The van der Waals surface area contributed by atoms with E-state index in [2.05, 4.69) is 25.9 Å². The standard InChI is InChI=1S/C8H11BrN2/c9-5-8-10-6-3-1-2-4-7(6)11-8/h1-5H2,(H,10,11). The Bertz CT molecular complexity index is 231. The molecule has 0 bridgehead atoms. The molecule has 60 valence electrons. The molecule has 1 aliphatic carbocycles. The van der Waals surface area contributed by atoms with Crippen LogP contribution in [0.1, 0.15) is 30.1 Å². The fourth-order valence-corrected chi connectivity index (χ4v) is 1.84. The molecule has 0 saturated carbocycles. The SMILES string of the molecule is BrCc1nc2c([nH]1)CCCC2. The lowest BCUT2D eigenvalue weighted by molar-refractivity contribution is 0.667. The van der Waals surface area contributed by atoms with Crippen molar-refractivity contribution in [2.75, 3.05) is 0 Å². The van der Waals surface area contributed by atoms with E-state index in [1.165, 1.54) is 37.1 Å². The Balaban J connectivity index is 2.32. The van der Waals surface area contributed by atoms with Crippen LogP contribution in [0.3, 0.4) is 0 Å². The summed E-state index contributed by atoms with van der Waals surface area (Å²) >= 11 is 3.39. The topological polar surface area (TPSA) is 28.7 Å². The van der Waals surface area contributed by atoms with Gasteiger partial charge in [0.2, 0.25) is 0 Å². The first-order chi connectivity index (χ1) is 5.40. The molecule has 2 rings (SSSR count). The highest BCUT2D eigenvalue weighted by molar-refractivity contribution is 9.08. The largest absolute Gasteiger partial charge is 0.345 e. The number of imidazole rings is 1.